The fourth-order valence-electron chi connectivity index (χ4n) is 1.59. The fourth-order valence-corrected chi connectivity index (χ4v) is 2.10. The summed E-state index contributed by atoms with van der Waals surface area (Å²) in [6.45, 7) is 5.79. The SMILES string of the molecule is Cc1cc(C)c(C(=O)PO)c(C)c1.O. The molecule has 0 fully saturated rings. The molecule has 0 bridgehead atoms. The Kier molecular flexibility index (Phi) is 4.92. The van der Waals surface area contributed by atoms with Crippen LogP contribution in [0.1, 0.15) is 27.0 Å². The summed E-state index contributed by atoms with van der Waals surface area (Å²) < 4.78 is 0. The number of hydrogen-bond donors (Lipinski definition) is 1. The van der Waals surface area contributed by atoms with Crippen LogP contribution in [0.4, 0.5) is 0 Å². The Morgan fingerprint density at radius 1 is 1.21 bits per heavy atom. The minimum atomic E-state index is -0.640. The van der Waals surface area contributed by atoms with Gasteiger partial charge in [0.25, 0.3) is 0 Å². The van der Waals surface area contributed by atoms with Gasteiger partial charge in [-0.1, -0.05) is 17.7 Å². The molecule has 0 aliphatic heterocycles. The number of aryl methyl sites for hydroxylation is 3. The quantitative estimate of drug-likeness (QED) is 0.758. The van der Waals surface area contributed by atoms with E-state index in [9.17, 15) is 4.79 Å². The predicted octanol–water partition coefficient (Wildman–Crippen LogP) is 1.51. The Labute approximate surface area is 85.3 Å². The van der Waals surface area contributed by atoms with Crippen molar-refractivity contribution in [2.24, 2.45) is 0 Å². The van der Waals surface area contributed by atoms with Crippen molar-refractivity contribution in [2.75, 3.05) is 0 Å². The average Bonchev–Trinajstić information content (AvgIpc) is 2.02. The van der Waals surface area contributed by atoms with Crippen molar-refractivity contribution < 1.29 is 15.2 Å². The van der Waals surface area contributed by atoms with Gasteiger partial charge in [-0.25, -0.2) is 0 Å². The van der Waals surface area contributed by atoms with Gasteiger partial charge in [0.2, 0.25) is 5.52 Å². The van der Waals surface area contributed by atoms with Gasteiger partial charge in [0.05, 0.1) is 8.81 Å². The van der Waals surface area contributed by atoms with Crippen molar-refractivity contribution >= 4 is 14.3 Å². The second kappa shape index (κ2) is 5.20. The molecule has 14 heavy (non-hydrogen) atoms. The monoisotopic (exact) mass is 214 g/mol. The molecular formula is C10H15O3P. The molecule has 0 radical (unpaired) electrons. The van der Waals surface area contributed by atoms with Crippen LogP contribution >= 0.6 is 8.81 Å². The number of carbonyl (C=O) groups is 1. The highest BCUT2D eigenvalue weighted by molar-refractivity contribution is 7.53. The third kappa shape index (κ3) is 2.61. The fraction of sp³-hybridized carbons (Fsp3) is 0.300. The van der Waals surface area contributed by atoms with Crippen molar-refractivity contribution in [1.29, 1.82) is 0 Å². The van der Waals surface area contributed by atoms with Crippen molar-refractivity contribution in [2.45, 2.75) is 20.8 Å². The Balaban J connectivity index is 0.00000169. The summed E-state index contributed by atoms with van der Waals surface area (Å²) >= 11 is 0. The van der Waals surface area contributed by atoms with E-state index in [1.54, 1.807) is 0 Å². The van der Waals surface area contributed by atoms with Crippen molar-refractivity contribution in [3.63, 3.8) is 0 Å². The van der Waals surface area contributed by atoms with Gasteiger partial charge in [-0.2, -0.15) is 0 Å². The van der Waals surface area contributed by atoms with Gasteiger partial charge in [0, 0.05) is 5.56 Å². The molecule has 1 aromatic rings. The molecule has 0 saturated carbocycles. The molecule has 78 valence electrons. The van der Waals surface area contributed by atoms with Gasteiger partial charge in [-0.3, -0.25) is 4.79 Å². The summed E-state index contributed by atoms with van der Waals surface area (Å²) in [5.41, 5.74) is 3.54. The van der Waals surface area contributed by atoms with E-state index in [1.807, 2.05) is 32.9 Å². The molecule has 0 amide bonds. The van der Waals surface area contributed by atoms with Crippen LogP contribution in [-0.4, -0.2) is 15.9 Å². The lowest BCUT2D eigenvalue weighted by atomic mass is 10.0. The van der Waals surface area contributed by atoms with Gasteiger partial charge in [-0.15, -0.1) is 0 Å². The summed E-state index contributed by atoms with van der Waals surface area (Å²) in [7, 11) is -0.640. The van der Waals surface area contributed by atoms with Crippen LogP contribution < -0.4 is 0 Å². The van der Waals surface area contributed by atoms with E-state index in [4.69, 9.17) is 4.89 Å². The summed E-state index contributed by atoms with van der Waals surface area (Å²) in [5, 5.41) is 0. The zero-order valence-corrected chi connectivity index (χ0v) is 9.51. The van der Waals surface area contributed by atoms with Gasteiger partial charge in [0.15, 0.2) is 0 Å². The lowest BCUT2D eigenvalue weighted by molar-refractivity contribution is 0.107. The van der Waals surface area contributed by atoms with E-state index in [-0.39, 0.29) is 11.0 Å². The molecule has 1 atom stereocenters. The minimum Gasteiger partial charge on any atom is -0.412 e. The maximum atomic E-state index is 11.3. The molecule has 3 nitrogen and oxygen atoms in total. The molecule has 0 saturated heterocycles. The lowest BCUT2D eigenvalue weighted by Gasteiger charge is -2.08. The third-order valence-electron chi connectivity index (χ3n) is 2.01. The van der Waals surface area contributed by atoms with E-state index < -0.39 is 8.81 Å². The minimum absolute atomic E-state index is 0. The zero-order chi connectivity index (χ0) is 10.0. The molecule has 1 rings (SSSR count). The number of hydrogen-bond acceptors (Lipinski definition) is 2. The number of rotatable bonds is 2. The molecule has 0 spiro atoms. The topological polar surface area (TPSA) is 68.8 Å². The van der Waals surface area contributed by atoms with E-state index in [2.05, 4.69) is 0 Å². The Hall–Kier alpha value is -0.760. The molecule has 0 aromatic heterocycles. The molecular weight excluding hydrogens is 199 g/mol. The molecule has 1 unspecified atom stereocenters. The second-order valence-electron chi connectivity index (χ2n) is 3.21. The predicted molar refractivity (Wildman–Crippen MR) is 59.1 cm³/mol. The molecule has 0 aliphatic carbocycles. The molecule has 1 aromatic carbocycles. The standard InChI is InChI=1S/C10H13O2P.H2O/c1-6-4-7(2)9(8(3)5-6)10(11)13-12;/h4-5,12-13H,1-3H3;1H2. The van der Waals surface area contributed by atoms with E-state index in [0.29, 0.717) is 5.56 Å². The van der Waals surface area contributed by atoms with Crippen molar-refractivity contribution in [3.8, 4) is 0 Å². The summed E-state index contributed by atoms with van der Waals surface area (Å²) in [6.07, 6.45) is 0. The molecule has 0 aliphatic rings. The number of benzene rings is 1. The molecule has 4 heteroatoms. The van der Waals surface area contributed by atoms with E-state index in [0.717, 1.165) is 16.7 Å². The summed E-state index contributed by atoms with van der Waals surface area (Å²) in [6, 6.07) is 3.92. The van der Waals surface area contributed by atoms with Crippen LogP contribution in [0.3, 0.4) is 0 Å². The van der Waals surface area contributed by atoms with Crippen molar-refractivity contribution in [3.05, 3.63) is 34.4 Å². The van der Waals surface area contributed by atoms with Gasteiger partial charge in [0.1, 0.15) is 0 Å². The van der Waals surface area contributed by atoms with Crippen LogP contribution in [0.25, 0.3) is 0 Å². The second-order valence-corrected chi connectivity index (χ2v) is 3.89. The van der Waals surface area contributed by atoms with E-state index in [1.165, 1.54) is 0 Å². The van der Waals surface area contributed by atoms with Gasteiger partial charge in [-0.05, 0) is 31.9 Å². The molecule has 0 heterocycles. The first-order valence-corrected chi connectivity index (χ1v) is 5.03. The van der Waals surface area contributed by atoms with Crippen molar-refractivity contribution in [1.82, 2.24) is 0 Å². The van der Waals surface area contributed by atoms with Crippen LogP contribution in [0.2, 0.25) is 0 Å². The van der Waals surface area contributed by atoms with Gasteiger partial charge < -0.3 is 10.4 Å². The maximum absolute atomic E-state index is 11.3. The average molecular weight is 214 g/mol. The maximum Gasteiger partial charge on any atom is 0.208 e. The first kappa shape index (κ1) is 13.2. The van der Waals surface area contributed by atoms with Crippen LogP contribution in [0, 0.1) is 20.8 Å². The first-order valence-electron chi connectivity index (χ1n) is 4.08. The summed E-state index contributed by atoms with van der Waals surface area (Å²) in [5.74, 6) is 0. The van der Waals surface area contributed by atoms with Crippen LogP contribution in [0.5, 0.6) is 0 Å². The zero-order valence-electron chi connectivity index (χ0n) is 8.51. The smallest absolute Gasteiger partial charge is 0.208 e. The summed E-state index contributed by atoms with van der Waals surface area (Å²) in [4.78, 5) is 20.1. The lowest BCUT2D eigenvalue weighted by Crippen LogP contribution is -1.99. The highest BCUT2D eigenvalue weighted by Gasteiger charge is 2.11. The largest absolute Gasteiger partial charge is 0.412 e. The van der Waals surface area contributed by atoms with E-state index >= 15 is 0 Å². The van der Waals surface area contributed by atoms with Crippen LogP contribution in [0.15, 0.2) is 12.1 Å². The Morgan fingerprint density at radius 2 is 1.64 bits per heavy atom. The normalized spacial score (nSPS) is 10.3. The first-order chi connectivity index (χ1) is 6.06. The Morgan fingerprint density at radius 3 is 2.00 bits per heavy atom. The Bertz CT molecular complexity index is 324. The highest BCUT2D eigenvalue weighted by Crippen LogP contribution is 2.22. The number of carbonyl (C=O) groups excluding carboxylic acids is 1. The third-order valence-corrected chi connectivity index (χ3v) is 2.46. The van der Waals surface area contributed by atoms with Crippen LogP contribution in [-0.2, 0) is 0 Å². The van der Waals surface area contributed by atoms with Gasteiger partial charge >= 0.3 is 0 Å². The molecule has 3 N–H and O–H groups in total. The highest BCUT2D eigenvalue weighted by atomic mass is 31.1.